The number of hydrogen-bond acceptors (Lipinski definition) is 5. The van der Waals surface area contributed by atoms with Crippen molar-refractivity contribution in [3.63, 3.8) is 0 Å². The van der Waals surface area contributed by atoms with Gasteiger partial charge in [-0.05, 0) is 43.4 Å². The fourth-order valence-corrected chi connectivity index (χ4v) is 2.64. The minimum absolute atomic E-state index is 0.0426. The SMILES string of the molecule is CC(C)C(O)CC(O)CC(O)CC(N)CC(O)CC(C)(C)C. The van der Waals surface area contributed by atoms with Crippen molar-refractivity contribution in [2.75, 3.05) is 0 Å². The molecule has 0 rings (SSSR count). The van der Waals surface area contributed by atoms with Gasteiger partial charge in [0.15, 0.2) is 0 Å². The molecule has 134 valence electrons. The molecule has 0 spiro atoms. The summed E-state index contributed by atoms with van der Waals surface area (Å²) in [6.45, 7) is 9.97. The fourth-order valence-electron chi connectivity index (χ4n) is 2.64. The van der Waals surface area contributed by atoms with Crippen LogP contribution in [0.3, 0.4) is 0 Å². The quantitative estimate of drug-likeness (QED) is 0.418. The first-order valence-electron chi connectivity index (χ1n) is 8.38. The largest absolute Gasteiger partial charge is 0.393 e. The van der Waals surface area contributed by atoms with Gasteiger partial charge >= 0.3 is 0 Å². The summed E-state index contributed by atoms with van der Waals surface area (Å²) < 4.78 is 0. The Balaban J connectivity index is 4.06. The second kappa shape index (κ2) is 9.83. The average molecular weight is 319 g/mol. The van der Waals surface area contributed by atoms with Crippen molar-refractivity contribution < 1.29 is 20.4 Å². The van der Waals surface area contributed by atoms with Crippen LogP contribution >= 0.6 is 0 Å². The van der Waals surface area contributed by atoms with Gasteiger partial charge in [0, 0.05) is 6.04 Å². The van der Waals surface area contributed by atoms with E-state index in [4.69, 9.17) is 5.73 Å². The molecule has 0 saturated carbocycles. The van der Waals surface area contributed by atoms with Crippen molar-refractivity contribution in [1.29, 1.82) is 0 Å². The summed E-state index contributed by atoms with van der Waals surface area (Å²) in [7, 11) is 0. The van der Waals surface area contributed by atoms with E-state index in [0.717, 1.165) is 0 Å². The molecule has 5 atom stereocenters. The van der Waals surface area contributed by atoms with Crippen LogP contribution in [0.1, 0.15) is 66.7 Å². The van der Waals surface area contributed by atoms with Gasteiger partial charge < -0.3 is 26.2 Å². The molecule has 0 amide bonds. The van der Waals surface area contributed by atoms with E-state index in [9.17, 15) is 20.4 Å². The zero-order valence-electron chi connectivity index (χ0n) is 14.9. The molecule has 0 aliphatic carbocycles. The monoisotopic (exact) mass is 319 g/mol. The standard InChI is InChI=1S/C17H37NO4/c1-11(2)16(22)9-14(20)8-13(19)6-12(18)7-15(21)10-17(3,4)5/h11-16,19-22H,6-10,18H2,1-5H3. The number of rotatable bonds is 10. The molecular formula is C17H37NO4. The Morgan fingerprint density at radius 2 is 1.23 bits per heavy atom. The summed E-state index contributed by atoms with van der Waals surface area (Å²) in [6, 6.07) is -0.297. The van der Waals surface area contributed by atoms with Crippen LogP contribution in [0, 0.1) is 11.3 Å². The van der Waals surface area contributed by atoms with Gasteiger partial charge in [-0.15, -0.1) is 0 Å². The molecule has 5 nitrogen and oxygen atoms in total. The molecule has 0 fully saturated rings. The Hall–Kier alpha value is -0.200. The highest BCUT2D eigenvalue weighted by atomic mass is 16.3. The first kappa shape index (κ1) is 21.8. The van der Waals surface area contributed by atoms with Crippen LogP contribution in [0.4, 0.5) is 0 Å². The van der Waals surface area contributed by atoms with Gasteiger partial charge in [-0.1, -0.05) is 34.6 Å². The topological polar surface area (TPSA) is 107 Å². The van der Waals surface area contributed by atoms with E-state index in [1.165, 1.54) is 0 Å². The lowest BCUT2D eigenvalue weighted by atomic mass is 9.86. The van der Waals surface area contributed by atoms with E-state index >= 15 is 0 Å². The Morgan fingerprint density at radius 3 is 1.68 bits per heavy atom. The zero-order chi connectivity index (χ0) is 17.5. The highest BCUT2D eigenvalue weighted by molar-refractivity contribution is 4.77. The number of hydrogen-bond donors (Lipinski definition) is 5. The van der Waals surface area contributed by atoms with Gasteiger partial charge in [-0.2, -0.15) is 0 Å². The number of aliphatic hydroxyl groups is 4. The van der Waals surface area contributed by atoms with Crippen LogP contribution in [0.5, 0.6) is 0 Å². The van der Waals surface area contributed by atoms with Crippen LogP contribution in [-0.2, 0) is 0 Å². The van der Waals surface area contributed by atoms with Crippen LogP contribution in [0.2, 0.25) is 0 Å². The Bertz CT molecular complexity index is 291. The van der Waals surface area contributed by atoms with Gasteiger partial charge in [0.05, 0.1) is 24.4 Å². The molecule has 0 aliphatic rings. The highest BCUT2D eigenvalue weighted by Crippen LogP contribution is 2.23. The highest BCUT2D eigenvalue weighted by Gasteiger charge is 2.22. The van der Waals surface area contributed by atoms with Crippen molar-refractivity contribution in [2.24, 2.45) is 17.1 Å². The van der Waals surface area contributed by atoms with Crippen LogP contribution < -0.4 is 5.73 Å². The van der Waals surface area contributed by atoms with Crippen molar-refractivity contribution in [2.45, 2.75) is 97.2 Å². The molecule has 22 heavy (non-hydrogen) atoms. The molecule has 0 heterocycles. The van der Waals surface area contributed by atoms with Gasteiger partial charge in [0.1, 0.15) is 0 Å². The first-order chi connectivity index (χ1) is 9.90. The normalized spacial score (nSPS) is 19.8. The van der Waals surface area contributed by atoms with Crippen molar-refractivity contribution in [3.8, 4) is 0 Å². The van der Waals surface area contributed by atoms with Gasteiger partial charge in [0.2, 0.25) is 0 Å². The van der Waals surface area contributed by atoms with Crippen molar-refractivity contribution >= 4 is 0 Å². The molecule has 0 saturated heterocycles. The minimum Gasteiger partial charge on any atom is -0.393 e. The minimum atomic E-state index is -0.737. The zero-order valence-corrected chi connectivity index (χ0v) is 14.9. The van der Waals surface area contributed by atoms with Gasteiger partial charge in [-0.25, -0.2) is 0 Å². The smallest absolute Gasteiger partial charge is 0.0589 e. The first-order valence-corrected chi connectivity index (χ1v) is 8.38. The molecule has 6 N–H and O–H groups in total. The predicted molar refractivity (Wildman–Crippen MR) is 89.4 cm³/mol. The summed E-state index contributed by atoms with van der Waals surface area (Å²) in [5, 5.41) is 39.6. The molecule has 0 aromatic carbocycles. The van der Waals surface area contributed by atoms with Crippen molar-refractivity contribution in [3.05, 3.63) is 0 Å². The lowest BCUT2D eigenvalue weighted by Gasteiger charge is -2.26. The van der Waals surface area contributed by atoms with Gasteiger partial charge in [-0.3, -0.25) is 0 Å². The summed E-state index contributed by atoms with van der Waals surface area (Å²) in [5.41, 5.74) is 6.01. The van der Waals surface area contributed by atoms with Crippen LogP contribution in [-0.4, -0.2) is 50.9 Å². The summed E-state index contributed by atoms with van der Waals surface area (Å²) >= 11 is 0. The van der Waals surface area contributed by atoms with E-state index in [1.807, 2.05) is 13.8 Å². The summed E-state index contributed by atoms with van der Waals surface area (Å²) in [6.07, 6.45) is -0.580. The number of aliphatic hydroxyl groups excluding tert-OH is 4. The molecule has 5 heteroatoms. The second-order valence-corrected chi connectivity index (χ2v) is 8.24. The molecular weight excluding hydrogens is 282 g/mol. The predicted octanol–water partition coefficient (Wildman–Crippen LogP) is 1.41. The van der Waals surface area contributed by atoms with E-state index in [1.54, 1.807) is 0 Å². The molecule has 0 aromatic heterocycles. The van der Waals surface area contributed by atoms with Crippen LogP contribution in [0.25, 0.3) is 0 Å². The maximum atomic E-state index is 9.99. The van der Waals surface area contributed by atoms with Gasteiger partial charge in [0.25, 0.3) is 0 Å². The van der Waals surface area contributed by atoms with E-state index in [0.29, 0.717) is 19.3 Å². The van der Waals surface area contributed by atoms with Crippen molar-refractivity contribution in [1.82, 2.24) is 0 Å². The van der Waals surface area contributed by atoms with E-state index in [-0.39, 0.29) is 30.2 Å². The Kier molecular flexibility index (Phi) is 9.74. The third kappa shape index (κ3) is 11.4. The Labute approximate surface area is 135 Å². The summed E-state index contributed by atoms with van der Waals surface area (Å²) in [5.74, 6) is 0.0848. The maximum Gasteiger partial charge on any atom is 0.0589 e. The van der Waals surface area contributed by atoms with E-state index < -0.39 is 24.4 Å². The van der Waals surface area contributed by atoms with E-state index in [2.05, 4.69) is 20.8 Å². The maximum absolute atomic E-state index is 9.99. The molecule has 5 unspecified atom stereocenters. The lowest BCUT2D eigenvalue weighted by Crippen LogP contribution is -2.33. The second-order valence-electron chi connectivity index (χ2n) is 8.24. The molecule has 0 radical (unpaired) electrons. The third-order valence-corrected chi connectivity index (χ3v) is 3.82. The average Bonchev–Trinajstić information content (AvgIpc) is 2.24. The summed E-state index contributed by atoms with van der Waals surface area (Å²) in [4.78, 5) is 0. The van der Waals surface area contributed by atoms with Crippen LogP contribution in [0.15, 0.2) is 0 Å². The molecule has 0 bridgehead atoms. The third-order valence-electron chi connectivity index (χ3n) is 3.82. The lowest BCUT2D eigenvalue weighted by molar-refractivity contribution is 0.0193. The molecule has 0 aliphatic heterocycles. The fraction of sp³-hybridized carbons (Fsp3) is 1.00. The number of nitrogens with two attached hydrogens (primary N) is 1. The molecule has 0 aromatic rings. The Morgan fingerprint density at radius 1 is 0.773 bits per heavy atom.